The Morgan fingerprint density at radius 1 is 0.556 bits per heavy atom. The van der Waals surface area contributed by atoms with E-state index in [0.29, 0.717) is 0 Å². The summed E-state index contributed by atoms with van der Waals surface area (Å²) in [7, 11) is 1.37. The first-order valence-corrected chi connectivity index (χ1v) is 8.62. The van der Waals surface area contributed by atoms with Crippen LogP contribution in [0.4, 0.5) is 0 Å². The maximum Gasteiger partial charge on any atom is 0.388 e. The van der Waals surface area contributed by atoms with E-state index in [1.807, 2.05) is 0 Å². The lowest BCUT2D eigenvalue weighted by Crippen LogP contribution is -2.02. The second-order valence-corrected chi connectivity index (χ2v) is 5.81. The van der Waals surface area contributed by atoms with Crippen LogP contribution in [-0.4, -0.2) is 75.5 Å². The average Bonchev–Trinajstić information content (AvgIpc) is 2.49. The summed E-state index contributed by atoms with van der Waals surface area (Å²) in [5.41, 5.74) is 0. The normalized spacial score (nSPS) is 7.44. The molecule has 0 aliphatic heterocycles. The van der Waals surface area contributed by atoms with Crippen molar-refractivity contribution in [2.75, 3.05) is 0 Å². The highest BCUT2D eigenvalue weighted by Gasteiger charge is 2.04. The first-order valence-electron chi connectivity index (χ1n) is 5.70. The van der Waals surface area contributed by atoms with E-state index in [4.69, 9.17) is 20.4 Å². The second kappa shape index (κ2) is 23.9. The van der Waals surface area contributed by atoms with Gasteiger partial charge >= 0.3 is 44.8 Å². The summed E-state index contributed by atoms with van der Waals surface area (Å²) in [5.74, 6) is -6.46. The summed E-state index contributed by atoms with van der Waals surface area (Å²) < 4.78 is 0. The number of hydrogen-bond acceptors (Lipinski definition) is 8. The van der Waals surface area contributed by atoms with Crippen molar-refractivity contribution >= 4 is 101 Å². The minimum atomic E-state index is -1.61. The molecule has 0 aromatic rings. The molecule has 0 fully saturated rings. The van der Waals surface area contributed by atoms with Crippen LogP contribution in [0.5, 0.6) is 0 Å². The molecular weight excluding hydrogens is 482 g/mol. The zero-order valence-corrected chi connectivity index (χ0v) is 18.3. The standard InChI is InChI=1S/4C2HClO3.C2H8Si/c4*3-1(4)2(5)6;1-2-3/h4*(H,5,6);2H2,1,3H3. The summed E-state index contributed by atoms with van der Waals surface area (Å²) in [5, 5.41) is 24.6. The van der Waals surface area contributed by atoms with E-state index in [2.05, 4.69) is 53.3 Å². The van der Waals surface area contributed by atoms with E-state index in [0.717, 1.165) is 0 Å². The molecule has 0 atom stereocenters. The molecule has 27 heavy (non-hydrogen) atoms. The van der Waals surface area contributed by atoms with Crippen molar-refractivity contribution in [1.82, 2.24) is 0 Å². The van der Waals surface area contributed by atoms with Gasteiger partial charge in [0.25, 0.3) is 0 Å². The lowest BCUT2D eigenvalue weighted by atomic mass is 10.8. The zero-order valence-electron chi connectivity index (χ0n) is 13.3. The Bertz CT molecular complexity index is 418. The van der Waals surface area contributed by atoms with Crippen molar-refractivity contribution in [3.8, 4) is 0 Å². The lowest BCUT2D eigenvalue weighted by Gasteiger charge is -1.70. The van der Waals surface area contributed by atoms with E-state index < -0.39 is 44.8 Å². The number of aliphatic carboxylic acids is 4. The van der Waals surface area contributed by atoms with Crippen LogP contribution < -0.4 is 0 Å². The highest BCUT2D eigenvalue weighted by molar-refractivity contribution is 6.80. The molecule has 0 unspecified atom stereocenters. The van der Waals surface area contributed by atoms with Crippen LogP contribution in [0.15, 0.2) is 0 Å². The molecule has 0 rings (SSSR count). The summed E-state index contributed by atoms with van der Waals surface area (Å²) in [6.45, 7) is 2.19. The Kier molecular flexibility index (Phi) is 31.9. The zero-order chi connectivity index (χ0) is 23.3. The number of halogens is 4. The molecule has 12 nitrogen and oxygen atoms in total. The van der Waals surface area contributed by atoms with Crippen molar-refractivity contribution in [2.45, 2.75) is 13.0 Å². The SMILES string of the molecule is CC[SiH3].O=C(O)C(=O)Cl.O=C(O)C(=O)Cl.O=C(O)C(=O)Cl.O=C(O)C(=O)Cl. The third-order valence-electron chi connectivity index (χ3n) is 0.673. The summed E-state index contributed by atoms with van der Waals surface area (Å²) in [6, 6.07) is 1.39. The fourth-order valence-corrected chi connectivity index (χ4v) is 0. The number of carboxylic acids is 4. The molecule has 0 aliphatic carbocycles. The number of hydrogen-bond donors (Lipinski definition) is 4. The predicted octanol–water partition coefficient (Wildman–Crippen LogP) is -0.864. The highest BCUT2D eigenvalue weighted by atomic mass is 35.5. The second-order valence-electron chi connectivity index (χ2n) is 3.02. The monoisotopic (exact) mass is 492 g/mol. The van der Waals surface area contributed by atoms with E-state index in [1.54, 1.807) is 0 Å². The van der Waals surface area contributed by atoms with Crippen molar-refractivity contribution in [2.24, 2.45) is 0 Å². The van der Waals surface area contributed by atoms with Crippen molar-refractivity contribution in [3.05, 3.63) is 0 Å². The van der Waals surface area contributed by atoms with Crippen LogP contribution >= 0.6 is 46.4 Å². The van der Waals surface area contributed by atoms with E-state index in [1.165, 1.54) is 16.3 Å². The van der Waals surface area contributed by atoms with Gasteiger partial charge in [-0.1, -0.05) is 13.0 Å². The quantitative estimate of drug-likeness (QED) is 0.213. The third-order valence-corrected chi connectivity index (χ3v) is 1.32. The first-order chi connectivity index (χ1) is 12.0. The molecular formula is C10H12Cl4O12Si. The largest absolute Gasteiger partial charge is 0.475 e. The predicted molar refractivity (Wildman–Crippen MR) is 94.4 cm³/mol. The molecule has 4 N–H and O–H groups in total. The molecule has 0 aliphatic rings. The van der Waals surface area contributed by atoms with Crippen LogP contribution in [0.1, 0.15) is 6.92 Å². The molecule has 0 saturated carbocycles. The van der Waals surface area contributed by atoms with Gasteiger partial charge in [0, 0.05) is 10.2 Å². The van der Waals surface area contributed by atoms with Crippen LogP contribution in [0, 0.1) is 0 Å². The fraction of sp³-hybridized carbons (Fsp3) is 0.200. The Hall–Kier alpha value is -2.06. The summed E-state index contributed by atoms with van der Waals surface area (Å²) in [4.78, 5) is 74.1. The smallest absolute Gasteiger partial charge is 0.388 e. The Morgan fingerprint density at radius 2 is 0.593 bits per heavy atom. The Morgan fingerprint density at radius 3 is 0.593 bits per heavy atom. The maximum atomic E-state index is 9.31. The molecule has 0 aromatic carbocycles. The molecule has 0 saturated heterocycles. The molecule has 0 amide bonds. The Labute approximate surface area is 173 Å². The number of carboxylic acid groups (broad SMARTS) is 4. The van der Waals surface area contributed by atoms with E-state index in [9.17, 15) is 38.4 Å². The average molecular weight is 494 g/mol. The van der Waals surface area contributed by atoms with Gasteiger partial charge in [0.15, 0.2) is 0 Å². The minimum Gasteiger partial charge on any atom is -0.475 e. The fourth-order valence-electron chi connectivity index (χ4n) is 0. The first kappa shape index (κ1) is 35.9. The number of carbonyl (C=O) groups is 8. The van der Waals surface area contributed by atoms with Crippen molar-refractivity contribution in [1.29, 1.82) is 0 Å². The molecule has 156 valence electrons. The minimum absolute atomic E-state index is 1.35. The van der Waals surface area contributed by atoms with Gasteiger partial charge in [-0.3, -0.25) is 19.2 Å². The van der Waals surface area contributed by atoms with Gasteiger partial charge in [-0.05, 0) is 46.4 Å². The van der Waals surface area contributed by atoms with Crippen LogP contribution in [-0.2, 0) is 38.4 Å². The van der Waals surface area contributed by atoms with Crippen molar-refractivity contribution < 1.29 is 58.8 Å². The molecule has 0 heterocycles. The molecule has 17 heteroatoms. The van der Waals surface area contributed by atoms with Gasteiger partial charge in [-0.15, -0.1) is 0 Å². The molecule has 0 radical (unpaired) electrons. The topological polar surface area (TPSA) is 217 Å². The Balaban J connectivity index is -0.0000000760. The van der Waals surface area contributed by atoms with Gasteiger partial charge in [-0.25, -0.2) is 19.2 Å². The molecule has 0 aromatic heterocycles. The van der Waals surface area contributed by atoms with Crippen LogP contribution in [0.3, 0.4) is 0 Å². The highest BCUT2D eigenvalue weighted by Crippen LogP contribution is 1.75. The lowest BCUT2D eigenvalue weighted by molar-refractivity contribution is -0.145. The van der Waals surface area contributed by atoms with E-state index in [-0.39, 0.29) is 0 Å². The molecule has 0 bridgehead atoms. The van der Waals surface area contributed by atoms with Gasteiger partial charge in [0.05, 0.1) is 0 Å². The van der Waals surface area contributed by atoms with Crippen LogP contribution in [0.25, 0.3) is 0 Å². The van der Waals surface area contributed by atoms with Crippen LogP contribution in [0.2, 0.25) is 6.04 Å². The van der Waals surface area contributed by atoms with E-state index >= 15 is 0 Å². The van der Waals surface area contributed by atoms with Gasteiger partial charge in [0.1, 0.15) is 0 Å². The summed E-state index contributed by atoms with van der Waals surface area (Å²) >= 11 is 17.5. The summed E-state index contributed by atoms with van der Waals surface area (Å²) in [6.07, 6.45) is 0. The van der Waals surface area contributed by atoms with Crippen molar-refractivity contribution in [3.63, 3.8) is 0 Å². The van der Waals surface area contributed by atoms with Gasteiger partial charge < -0.3 is 20.4 Å². The number of rotatable bonds is 4. The van der Waals surface area contributed by atoms with Gasteiger partial charge in [-0.2, -0.15) is 0 Å². The molecule has 0 spiro atoms. The maximum absolute atomic E-state index is 9.31. The van der Waals surface area contributed by atoms with Gasteiger partial charge in [0.2, 0.25) is 0 Å². The number of carbonyl (C=O) groups excluding carboxylic acids is 4. The third kappa shape index (κ3) is 59.3.